The molecule has 0 atom stereocenters. The van der Waals surface area contributed by atoms with Gasteiger partial charge in [-0.15, -0.1) is 0 Å². The molecule has 0 bridgehead atoms. The summed E-state index contributed by atoms with van der Waals surface area (Å²) in [4.78, 5) is 24.2. The lowest BCUT2D eigenvalue weighted by Crippen LogP contribution is -2.37. The van der Waals surface area contributed by atoms with Gasteiger partial charge >= 0.3 is 11.7 Å². The van der Waals surface area contributed by atoms with Crippen LogP contribution in [-0.4, -0.2) is 31.0 Å². The summed E-state index contributed by atoms with van der Waals surface area (Å²) in [6.07, 6.45) is 2.35. The highest BCUT2D eigenvalue weighted by Crippen LogP contribution is 2.20. The fourth-order valence-electron chi connectivity index (χ4n) is 4.11. The van der Waals surface area contributed by atoms with E-state index in [0.29, 0.717) is 25.3 Å². The highest BCUT2D eigenvalue weighted by molar-refractivity contribution is 5.83. The topological polar surface area (TPSA) is 86.3 Å². The number of aliphatic carboxylic acids is 1. The van der Waals surface area contributed by atoms with Crippen molar-refractivity contribution in [2.75, 3.05) is 0 Å². The molecule has 0 fully saturated rings. The molecule has 3 aromatic carbocycles. The number of benzene rings is 3. The quantitative estimate of drug-likeness (QED) is 0.361. The normalized spacial score (nSPS) is 11.6. The molecule has 1 N–H and O–H groups in total. The van der Waals surface area contributed by atoms with E-state index >= 15 is 0 Å². The smallest absolute Gasteiger partial charge is 0.347 e. The van der Waals surface area contributed by atoms with Crippen LogP contribution in [0, 0.1) is 0 Å². The monoisotopic (exact) mass is 473 g/mol. The van der Waals surface area contributed by atoms with Gasteiger partial charge in [0.05, 0.1) is 6.54 Å². The molecule has 1 heterocycles. The van der Waals surface area contributed by atoms with E-state index in [1.807, 2.05) is 37.3 Å². The van der Waals surface area contributed by atoms with Gasteiger partial charge in [-0.1, -0.05) is 48.5 Å². The van der Waals surface area contributed by atoms with Crippen LogP contribution in [0.2, 0.25) is 0 Å². The van der Waals surface area contributed by atoms with Crippen LogP contribution in [-0.2, 0) is 30.7 Å². The molecule has 0 radical (unpaired) electrons. The summed E-state index contributed by atoms with van der Waals surface area (Å²) in [6.45, 7) is 6.03. The van der Waals surface area contributed by atoms with Crippen molar-refractivity contribution in [3.8, 4) is 5.75 Å². The summed E-state index contributed by atoms with van der Waals surface area (Å²) in [5.74, 6) is 0.304. The number of aromatic nitrogens is 3. The first-order valence-corrected chi connectivity index (χ1v) is 11.9. The second-order valence-corrected chi connectivity index (χ2v) is 9.20. The van der Waals surface area contributed by atoms with Crippen molar-refractivity contribution in [1.82, 2.24) is 14.3 Å². The Balaban J connectivity index is 1.40. The van der Waals surface area contributed by atoms with E-state index in [9.17, 15) is 14.7 Å². The van der Waals surface area contributed by atoms with Gasteiger partial charge in [0.1, 0.15) is 11.6 Å². The third kappa shape index (κ3) is 5.62. The van der Waals surface area contributed by atoms with Crippen molar-refractivity contribution in [1.29, 1.82) is 0 Å². The maximum atomic E-state index is 12.9. The molecule has 0 spiro atoms. The summed E-state index contributed by atoms with van der Waals surface area (Å²) in [5, 5.41) is 16.2. The molecule has 4 rings (SSSR count). The fourth-order valence-corrected chi connectivity index (χ4v) is 4.11. The van der Waals surface area contributed by atoms with Crippen LogP contribution in [0.3, 0.4) is 0 Å². The molecule has 1 aromatic heterocycles. The van der Waals surface area contributed by atoms with Gasteiger partial charge in [0, 0.05) is 13.0 Å². The van der Waals surface area contributed by atoms with Crippen molar-refractivity contribution in [2.24, 2.45) is 0 Å². The Morgan fingerprint density at radius 2 is 1.66 bits per heavy atom. The average Bonchev–Trinajstić information content (AvgIpc) is 3.13. The third-order valence-electron chi connectivity index (χ3n) is 6.14. The maximum Gasteiger partial charge on any atom is 0.347 e. The summed E-state index contributed by atoms with van der Waals surface area (Å²) >= 11 is 0. The number of ether oxygens (including phenoxy) is 1. The summed E-state index contributed by atoms with van der Waals surface area (Å²) in [6, 6.07) is 21.9. The fraction of sp³-hybridized carbons (Fsp3) is 0.321. The van der Waals surface area contributed by atoms with Crippen LogP contribution < -0.4 is 10.4 Å². The van der Waals surface area contributed by atoms with Gasteiger partial charge in [0.25, 0.3) is 0 Å². The molecule has 0 aliphatic rings. The minimum Gasteiger partial charge on any atom is -0.478 e. The first-order valence-electron chi connectivity index (χ1n) is 11.9. The molecule has 35 heavy (non-hydrogen) atoms. The first-order chi connectivity index (χ1) is 16.8. The van der Waals surface area contributed by atoms with E-state index in [0.717, 1.165) is 35.2 Å². The van der Waals surface area contributed by atoms with E-state index in [1.54, 1.807) is 21.4 Å². The molecule has 0 saturated carbocycles. The van der Waals surface area contributed by atoms with Crippen molar-refractivity contribution >= 4 is 16.7 Å². The number of carboxylic acids is 1. The van der Waals surface area contributed by atoms with E-state index < -0.39 is 11.6 Å². The predicted octanol–water partition coefficient (Wildman–Crippen LogP) is 4.68. The van der Waals surface area contributed by atoms with Gasteiger partial charge in [0.15, 0.2) is 5.60 Å². The van der Waals surface area contributed by atoms with Crippen molar-refractivity contribution < 1.29 is 14.6 Å². The molecule has 0 amide bonds. The predicted molar refractivity (Wildman–Crippen MR) is 136 cm³/mol. The minimum atomic E-state index is -1.28. The van der Waals surface area contributed by atoms with Gasteiger partial charge in [-0.2, -0.15) is 5.10 Å². The number of carbonyl (C=O) groups is 1. The number of rotatable bonds is 10. The Bertz CT molecular complexity index is 1380. The zero-order valence-corrected chi connectivity index (χ0v) is 20.4. The highest BCUT2D eigenvalue weighted by atomic mass is 16.5. The molecule has 0 unspecified atom stereocenters. The number of fused-ring (bicyclic) bond motifs is 1. The molecule has 7 heteroatoms. The lowest BCUT2D eigenvalue weighted by Gasteiger charge is -2.21. The Hall–Kier alpha value is -3.87. The average molecular weight is 474 g/mol. The SMILES string of the molecule is CCn1c(CCCc2ccc(OC(C)(C)C(=O)O)cc2)nn(Cc2ccc3ccccc3c2)c1=O. The Labute approximate surface area is 204 Å². The lowest BCUT2D eigenvalue weighted by molar-refractivity contribution is -0.152. The summed E-state index contributed by atoms with van der Waals surface area (Å²) < 4.78 is 8.86. The zero-order valence-electron chi connectivity index (χ0n) is 20.4. The summed E-state index contributed by atoms with van der Waals surface area (Å²) in [5.41, 5.74) is 0.799. The molecule has 0 aliphatic carbocycles. The maximum absolute atomic E-state index is 12.9. The number of aryl methyl sites for hydroxylation is 2. The number of hydrogen-bond acceptors (Lipinski definition) is 4. The first kappa shape index (κ1) is 24.3. The zero-order chi connectivity index (χ0) is 25.0. The van der Waals surface area contributed by atoms with Gasteiger partial charge in [0.2, 0.25) is 0 Å². The third-order valence-corrected chi connectivity index (χ3v) is 6.14. The molecule has 0 aliphatic heterocycles. The minimum absolute atomic E-state index is 0.0850. The molecule has 0 saturated heterocycles. The van der Waals surface area contributed by atoms with Crippen LogP contribution in [0.15, 0.2) is 71.5 Å². The Morgan fingerprint density at radius 3 is 2.34 bits per heavy atom. The second-order valence-electron chi connectivity index (χ2n) is 9.20. The van der Waals surface area contributed by atoms with E-state index in [4.69, 9.17) is 4.74 Å². The lowest BCUT2D eigenvalue weighted by atomic mass is 10.1. The van der Waals surface area contributed by atoms with E-state index in [1.165, 1.54) is 19.2 Å². The van der Waals surface area contributed by atoms with Crippen molar-refractivity contribution in [3.63, 3.8) is 0 Å². The molecule has 7 nitrogen and oxygen atoms in total. The van der Waals surface area contributed by atoms with Crippen LogP contribution in [0.5, 0.6) is 5.75 Å². The van der Waals surface area contributed by atoms with Crippen molar-refractivity contribution in [3.05, 3.63) is 94.2 Å². The number of nitrogens with zero attached hydrogens (tertiary/aromatic N) is 3. The second kappa shape index (κ2) is 10.2. The Morgan fingerprint density at radius 1 is 0.971 bits per heavy atom. The highest BCUT2D eigenvalue weighted by Gasteiger charge is 2.29. The largest absolute Gasteiger partial charge is 0.478 e. The van der Waals surface area contributed by atoms with E-state index in [2.05, 4.69) is 29.4 Å². The van der Waals surface area contributed by atoms with Crippen LogP contribution in [0.25, 0.3) is 10.8 Å². The van der Waals surface area contributed by atoms with Crippen LogP contribution in [0.1, 0.15) is 44.1 Å². The van der Waals surface area contributed by atoms with Gasteiger partial charge in [-0.3, -0.25) is 4.57 Å². The molecular formula is C28H31N3O4. The van der Waals surface area contributed by atoms with Crippen molar-refractivity contribution in [2.45, 2.75) is 58.7 Å². The summed E-state index contributed by atoms with van der Waals surface area (Å²) in [7, 11) is 0. The van der Waals surface area contributed by atoms with Gasteiger partial charge in [-0.25, -0.2) is 14.3 Å². The number of hydrogen-bond donors (Lipinski definition) is 1. The molecule has 4 aromatic rings. The molecule has 182 valence electrons. The van der Waals surface area contributed by atoms with Gasteiger partial charge < -0.3 is 9.84 Å². The van der Waals surface area contributed by atoms with E-state index in [-0.39, 0.29) is 5.69 Å². The number of carboxylic acid groups (broad SMARTS) is 1. The molecular weight excluding hydrogens is 442 g/mol. The van der Waals surface area contributed by atoms with Gasteiger partial charge in [-0.05, 0) is 73.7 Å². The Kier molecular flexibility index (Phi) is 7.05. The van der Waals surface area contributed by atoms with Crippen LogP contribution in [0.4, 0.5) is 0 Å². The standard InChI is InChI=1S/C28H31N3O4/c1-4-30-25(11-7-8-20-13-16-24(17-14-20)35-28(2,3)26(32)33)29-31(27(30)34)19-21-12-15-22-9-5-6-10-23(22)18-21/h5-6,9-10,12-18H,4,7-8,11,19H2,1-3H3,(H,32,33). The van der Waals surface area contributed by atoms with Crippen LogP contribution >= 0.6 is 0 Å².